The minimum atomic E-state index is -1.05. The Balaban J connectivity index is 2.82. The van der Waals surface area contributed by atoms with Crippen molar-refractivity contribution in [3.8, 4) is 11.8 Å². The lowest BCUT2D eigenvalue weighted by Crippen LogP contribution is -2.11. The van der Waals surface area contributed by atoms with Gasteiger partial charge < -0.3 is 15.0 Å². The number of nitrogens with two attached hydrogens (primary N) is 1. The minimum Gasteiger partial charge on any atom is -0.464 e. The first-order chi connectivity index (χ1) is 10.8. The maximum absolute atomic E-state index is 13.6. The summed E-state index contributed by atoms with van der Waals surface area (Å²) in [5.74, 6) is -1.89. The van der Waals surface area contributed by atoms with E-state index in [0.29, 0.717) is 0 Å². The van der Waals surface area contributed by atoms with E-state index in [2.05, 4.69) is 20.7 Å². The number of carbonyl (C=O) groups excluding carboxylic acids is 1. The van der Waals surface area contributed by atoms with Crippen LogP contribution in [0.1, 0.15) is 16.1 Å². The molecule has 0 aliphatic rings. The quantitative estimate of drug-likeness (QED) is 0.493. The van der Waals surface area contributed by atoms with Crippen LogP contribution in [0.5, 0.6) is 0 Å². The molecule has 1 aromatic carbocycles. The molecule has 10 heteroatoms. The number of rotatable bonds is 3. The van der Waals surface area contributed by atoms with Gasteiger partial charge in [-0.2, -0.15) is 9.65 Å². The van der Waals surface area contributed by atoms with Crippen LogP contribution in [-0.4, -0.2) is 22.6 Å². The van der Waals surface area contributed by atoms with Crippen molar-refractivity contribution in [3.63, 3.8) is 0 Å². The highest BCUT2D eigenvalue weighted by molar-refractivity contribution is 9.10. The molecule has 23 heavy (non-hydrogen) atoms. The van der Waals surface area contributed by atoms with Gasteiger partial charge in [0.2, 0.25) is 5.82 Å². The van der Waals surface area contributed by atoms with E-state index in [9.17, 15) is 19.3 Å². The van der Waals surface area contributed by atoms with Gasteiger partial charge in [-0.05, 0) is 22.0 Å². The number of nitro benzene ring substituents is 1. The third kappa shape index (κ3) is 2.74. The summed E-state index contributed by atoms with van der Waals surface area (Å²) in [5, 5.41) is 19.9. The number of aromatic nitrogens is 1. The van der Waals surface area contributed by atoms with Crippen molar-refractivity contribution in [1.29, 1.82) is 5.26 Å². The average Bonchev–Trinajstić information content (AvgIpc) is 2.82. The van der Waals surface area contributed by atoms with Gasteiger partial charge in [0.05, 0.1) is 29.0 Å². The first-order valence-corrected chi connectivity index (χ1v) is 6.74. The zero-order valence-electron chi connectivity index (χ0n) is 11.5. The third-order valence-corrected chi connectivity index (χ3v) is 3.65. The molecule has 0 unspecified atom stereocenters. The number of carbonyl (C=O) groups is 1. The molecule has 1 heterocycles. The molecule has 0 aliphatic carbocycles. The molecule has 118 valence electrons. The fourth-order valence-corrected chi connectivity index (χ4v) is 2.46. The van der Waals surface area contributed by atoms with Gasteiger partial charge in [0.1, 0.15) is 6.07 Å². The summed E-state index contributed by atoms with van der Waals surface area (Å²) in [6, 6.07) is 3.60. The lowest BCUT2D eigenvalue weighted by molar-refractivity contribution is -0.387. The summed E-state index contributed by atoms with van der Waals surface area (Å²) in [5.41, 5.74) is 4.66. The average molecular weight is 383 g/mol. The largest absolute Gasteiger partial charge is 0.464 e. The Morgan fingerprint density at radius 3 is 2.74 bits per heavy atom. The number of halogens is 2. The summed E-state index contributed by atoms with van der Waals surface area (Å²) in [4.78, 5) is 21.9. The maximum Gasteiger partial charge on any atom is 0.357 e. The second-order valence-electron chi connectivity index (χ2n) is 4.29. The number of nitriles is 1. The molecule has 2 rings (SSSR count). The molecule has 0 fully saturated rings. The van der Waals surface area contributed by atoms with Crippen LogP contribution in [-0.2, 0) is 4.74 Å². The molecule has 0 spiro atoms. The lowest BCUT2D eigenvalue weighted by Gasteiger charge is -2.10. The molecule has 0 bridgehead atoms. The molecule has 2 N–H and O–H groups in total. The van der Waals surface area contributed by atoms with E-state index >= 15 is 0 Å². The van der Waals surface area contributed by atoms with Gasteiger partial charge in [-0.15, -0.1) is 0 Å². The monoisotopic (exact) mass is 382 g/mol. The van der Waals surface area contributed by atoms with Crippen LogP contribution in [0.15, 0.2) is 22.8 Å². The number of hydrogen-bond acceptors (Lipinski definition) is 6. The lowest BCUT2D eigenvalue weighted by atomic mass is 10.2. The predicted molar refractivity (Wildman–Crippen MR) is 80.5 cm³/mol. The molecule has 0 radical (unpaired) electrons. The van der Waals surface area contributed by atoms with E-state index in [1.165, 1.54) is 6.20 Å². The summed E-state index contributed by atoms with van der Waals surface area (Å²) in [6.45, 7) is 0. The Kier molecular flexibility index (Phi) is 4.33. The van der Waals surface area contributed by atoms with Crippen molar-refractivity contribution in [2.45, 2.75) is 0 Å². The highest BCUT2D eigenvalue weighted by Gasteiger charge is 2.25. The van der Waals surface area contributed by atoms with Gasteiger partial charge in [-0.25, -0.2) is 4.79 Å². The second kappa shape index (κ2) is 6.05. The van der Waals surface area contributed by atoms with E-state index in [1.807, 2.05) is 0 Å². The molecule has 0 atom stereocenters. The highest BCUT2D eigenvalue weighted by Crippen LogP contribution is 2.33. The van der Waals surface area contributed by atoms with E-state index in [4.69, 9.17) is 11.0 Å². The third-order valence-electron chi connectivity index (χ3n) is 3.02. The molecular formula is C13H8BrFN4O4. The van der Waals surface area contributed by atoms with Crippen LogP contribution in [0.2, 0.25) is 0 Å². The molecule has 0 saturated heterocycles. The predicted octanol–water partition coefficient (Wildman–Crippen LogP) is 2.53. The van der Waals surface area contributed by atoms with Crippen molar-refractivity contribution < 1.29 is 18.8 Å². The number of nitro groups is 1. The smallest absolute Gasteiger partial charge is 0.357 e. The first-order valence-electron chi connectivity index (χ1n) is 5.94. The summed E-state index contributed by atoms with van der Waals surface area (Å²) in [7, 11) is 1.12. The van der Waals surface area contributed by atoms with Crippen molar-refractivity contribution >= 4 is 33.3 Å². The number of benzene rings is 1. The van der Waals surface area contributed by atoms with Gasteiger partial charge in [-0.3, -0.25) is 10.1 Å². The zero-order chi connectivity index (χ0) is 17.3. The van der Waals surface area contributed by atoms with Crippen LogP contribution < -0.4 is 5.73 Å². The van der Waals surface area contributed by atoms with Crippen LogP contribution in [0.25, 0.3) is 5.69 Å². The van der Waals surface area contributed by atoms with Crippen molar-refractivity contribution in [2.24, 2.45) is 0 Å². The Morgan fingerprint density at radius 1 is 1.57 bits per heavy atom. The fraction of sp³-hybridized carbons (Fsp3) is 0.0769. The van der Waals surface area contributed by atoms with Crippen LogP contribution in [0, 0.1) is 27.3 Å². The van der Waals surface area contributed by atoms with Crippen LogP contribution >= 0.6 is 15.9 Å². The fourth-order valence-electron chi connectivity index (χ4n) is 1.96. The summed E-state index contributed by atoms with van der Waals surface area (Å²) in [6.07, 6.45) is 1.21. The zero-order valence-corrected chi connectivity index (χ0v) is 13.1. The maximum atomic E-state index is 13.6. The number of nitrogen functional groups attached to an aromatic ring is 1. The Morgan fingerprint density at radius 2 is 2.22 bits per heavy atom. The van der Waals surface area contributed by atoms with Crippen LogP contribution in [0.3, 0.4) is 0 Å². The Bertz CT molecular complexity index is 872. The number of esters is 1. The standard InChI is InChI=1S/C13H8BrFN4O4/c1-23-13(20)12-11(17)6(4-16)5-18(12)9-3-10(19(21)22)8(15)2-7(9)14/h2-3,5H,17H2,1H3. The molecule has 2 aromatic rings. The molecule has 0 saturated carbocycles. The normalized spacial score (nSPS) is 10.2. The van der Waals surface area contributed by atoms with E-state index in [0.717, 1.165) is 23.8 Å². The number of hydrogen-bond donors (Lipinski definition) is 1. The molecule has 8 nitrogen and oxygen atoms in total. The van der Waals surface area contributed by atoms with Gasteiger partial charge in [-0.1, -0.05) is 0 Å². The summed E-state index contributed by atoms with van der Waals surface area (Å²) < 4.78 is 19.5. The molecule has 0 amide bonds. The van der Waals surface area contributed by atoms with Crippen molar-refractivity contribution in [1.82, 2.24) is 4.57 Å². The second-order valence-corrected chi connectivity index (χ2v) is 5.14. The molecular weight excluding hydrogens is 375 g/mol. The van der Waals surface area contributed by atoms with Gasteiger partial charge in [0.15, 0.2) is 5.69 Å². The van der Waals surface area contributed by atoms with E-state index < -0.39 is 22.4 Å². The van der Waals surface area contributed by atoms with Gasteiger partial charge >= 0.3 is 11.7 Å². The topological polar surface area (TPSA) is 124 Å². The van der Waals surface area contributed by atoms with E-state index in [-0.39, 0.29) is 27.1 Å². The number of methoxy groups -OCH3 is 1. The number of ether oxygens (including phenoxy) is 1. The van der Waals surface area contributed by atoms with Gasteiger partial charge in [0, 0.05) is 16.7 Å². The molecule has 0 aliphatic heterocycles. The van der Waals surface area contributed by atoms with Crippen molar-refractivity contribution in [3.05, 3.63) is 50.0 Å². The number of nitrogens with zero attached hydrogens (tertiary/aromatic N) is 3. The summed E-state index contributed by atoms with van der Waals surface area (Å²) >= 11 is 3.07. The SMILES string of the molecule is COC(=O)c1c(N)c(C#N)cn1-c1cc([N+](=O)[O-])c(F)cc1Br. The van der Waals surface area contributed by atoms with Gasteiger partial charge in [0.25, 0.3) is 0 Å². The Hall–Kier alpha value is -2.93. The van der Waals surface area contributed by atoms with Crippen molar-refractivity contribution in [2.75, 3.05) is 12.8 Å². The number of anilines is 1. The molecule has 1 aromatic heterocycles. The highest BCUT2D eigenvalue weighted by atomic mass is 79.9. The van der Waals surface area contributed by atoms with Crippen LogP contribution in [0.4, 0.5) is 15.8 Å². The van der Waals surface area contributed by atoms with E-state index in [1.54, 1.807) is 6.07 Å². The minimum absolute atomic E-state index is 0.0238. The first kappa shape index (κ1) is 16.4. The Labute approximate surface area is 137 Å².